The number of hydrogen-bond acceptors (Lipinski definition) is 4. The molecule has 6 nitrogen and oxygen atoms in total. The highest BCUT2D eigenvalue weighted by Gasteiger charge is 2.29. The normalized spacial score (nSPS) is 19.9. The molecule has 1 aliphatic carbocycles. The van der Waals surface area contributed by atoms with Gasteiger partial charge in [-0.2, -0.15) is 0 Å². The van der Waals surface area contributed by atoms with Crippen molar-refractivity contribution >= 4 is 11.8 Å². The van der Waals surface area contributed by atoms with Gasteiger partial charge in [-0.25, -0.2) is 5.84 Å². The van der Waals surface area contributed by atoms with Crippen LogP contribution in [0.3, 0.4) is 0 Å². The third kappa shape index (κ3) is 4.97. The zero-order valence-corrected chi connectivity index (χ0v) is 13.0. The second kappa shape index (κ2) is 7.75. The van der Waals surface area contributed by atoms with E-state index in [0.29, 0.717) is 32.5 Å². The standard InChI is InChI=1S/C15H28N4O2/c1-2-7-18(10-12-3-4-12)11-14(20)19-8-5-13(6-9-19)15(21)17-16/h12-13H,2-11,16H2,1H3,(H,17,21). The van der Waals surface area contributed by atoms with E-state index in [2.05, 4.69) is 17.2 Å². The fraction of sp³-hybridized carbons (Fsp3) is 0.867. The predicted octanol–water partition coefficient (Wildman–Crippen LogP) is 0.337. The Morgan fingerprint density at radius 1 is 1.24 bits per heavy atom. The number of amides is 2. The van der Waals surface area contributed by atoms with E-state index in [9.17, 15) is 9.59 Å². The van der Waals surface area contributed by atoms with E-state index in [1.807, 2.05) is 4.90 Å². The number of hydrazine groups is 1. The van der Waals surface area contributed by atoms with E-state index in [-0.39, 0.29) is 17.7 Å². The van der Waals surface area contributed by atoms with Crippen molar-refractivity contribution in [2.45, 2.75) is 39.0 Å². The van der Waals surface area contributed by atoms with Gasteiger partial charge in [0, 0.05) is 25.6 Å². The highest BCUT2D eigenvalue weighted by atomic mass is 16.2. The third-order valence-corrected chi connectivity index (χ3v) is 4.47. The summed E-state index contributed by atoms with van der Waals surface area (Å²) in [5.41, 5.74) is 2.21. The first kappa shape index (κ1) is 16.2. The lowest BCUT2D eigenvalue weighted by Gasteiger charge is -2.33. The summed E-state index contributed by atoms with van der Waals surface area (Å²) in [6, 6.07) is 0. The van der Waals surface area contributed by atoms with Gasteiger partial charge in [0.05, 0.1) is 6.54 Å². The number of nitrogens with zero attached hydrogens (tertiary/aromatic N) is 2. The van der Waals surface area contributed by atoms with E-state index in [1.165, 1.54) is 12.8 Å². The van der Waals surface area contributed by atoms with Gasteiger partial charge in [-0.05, 0) is 44.6 Å². The first-order chi connectivity index (χ1) is 10.1. The maximum Gasteiger partial charge on any atom is 0.237 e. The second-order valence-electron chi connectivity index (χ2n) is 6.34. The van der Waals surface area contributed by atoms with Crippen molar-refractivity contribution < 1.29 is 9.59 Å². The van der Waals surface area contributed by atoms with Crippen LogP contribution in [-0.2, 0) is 9.59 Å². The number of rotatable bonds is 7. The SMILES string of the molecule is CCCN(CC(=O)N1CCC(C(=O)NN)CC1)CC1CC1. The smallest absolute Gasteiger partial charge is 0.237 e. The molecule has 0 radical (unpaired) electrons. The molecule has 0 bridgehead atoms. The Morgan fingerprint density at radius 3 is 2.43 bits per heavy atom. The van der Waals surface area contributed by atoms with Gasteiger partial charge in [0.2, 0.25) is 11.8 Å². The number of nitrogens with one attached hydrogen (secondary N) is 1. The molecule has 2 amide bonds. The van der Waals surface area contributed by atoms with Gasteiger partial charge < -0.3 is 4.90 Å². The van der Waals surface area contributed by atoms with Crippen molar-refractivity contribution in [2.75, 3.05) is 32.7 Å². The molecule has 2 rings (SSSR count). The van der Waals surface area contributed by atoms with E-state index >= 15 is 0 Å². The average Bonchev–Trinajstić information content (AvgIpc) is 3.30. The first-order valence-electron chi connectivity index (χ1n) is 8.14. The van der Waals surface area contributed by atoms with Crippen molar-refractivity contribution in [1.29, 1.82) is 0 Å². The Balaban J connectivity index is 1.76. The summed E-state index contributed by atoms with van der Waals surface area (Å²) in [4.78, 5) is 28.1. The molecule has 1 aliphatic heterocycles. The zero-order valence-electron chi connectivity index (χ0n) is 13.0. The highest BCUT2D eigenvalue weighted by Crippen LogP contribution is 2.29. The average molecular weight is 296 g/mol. The van der Waals surface area contributed by atoms with Gasteiger partial charge in [0.15, 0.2) is 0 Å². The molecule has 3 N–H and O–H groups in total. The minimum atomic E-state index is -0.108. The van der Waals surface area contributed by atoms with Gasteiger partial charge in [-0.15, -0.1) is 0 Å². The monoisotopic (exact) mass is 296 g/mol. The van der Waals surface area contributed by atoms with Crippen LogP contribution in [0.2, 0.25) is 0 Å². The Labute approximate surface area is 127 Å². The van der Waals surface area contributed by atoms with Crippen molar-refractivity contribution in [3.05, 3.63) is 0 Å². The minimum absolute atomic E-state index is 0.0442. The fourth-order valence-electron chi connectivity index (χ4n) is 3.02. The lowest BCUT2D eigenvalue weighted by molar-refractivity contribution is -0.136. The molecule has 0 aromatic heterocycles. The number of carbonyl (C=O) groups excluding carboxylic acids is 2. The topological polar surface area (TPSA) is 78.7 Å². The summed E-state index contributed by atoms with van der Waals surface area (Å²) >= 11 is 0. The molecule has 2 aliphatic rings. The van der Waals surface area contributed by atoms with Gasteiger partial charge >= 0.3 is 0 Å². The van der Waals surface area contributed by atoms with Crippen molar-refractivity contribution in [1.82, 2.24) is 15.2 Å². The molecule has 0 aromatic rings. The molecule has 0 atom stereocenters. The van der Waals surface area contributed by atoms with Gasteiger partial charge in [0.25, 0.3) is 0 Å². The summed E-state index contributed by atoms with van der Waals surface area (Å²) in [6.45, 7) is 6.07. The van der Waals surface area contributed by atoms with Crippen LogP contribution in [0.25, 0.3) is 0 Å². The molecular weight excluding hydrogens is 268 g/mol. The Bertz CT molecular complexity index is 363. The Hall–Kier alpha value is -1.14. The number of likely N-dealkylation sites (tertiary alicyclic amines) is 1. The molecule has 1 saturated carbocycles. The van der Waals surface area contributed by atoms with E-state index in [0.717, 1.165) is 25.4 Å². The summed E-state index contributed by atoms with van der Waals surface area (Å²) in [7, 11) is 0. The number of piperidine rings is 1. The van der Waals surface area contributed by atoms with Crippen LogP contribution in [0.5, 0.6) is 0 Å². The van der Waals surface area contributed by atoms with Crippen molar-refractivity contribution in [3.8, 4) is 0 Å². The van der Waals surface area contributed by atoms with Crippen LogP contribution >= 0.6 is 0 Å². The maximum atomic E-state index is 12.4. The summed E-state index contributed by atoms with van der Waals surface area (Å²) in [5.74, 6) is 6.02. The highest BCUT2D eigenvalue weighted by molar-refractivity contribution is 5.80. The minimum Gasteiger partial charge on any atom is -0.342 e. The molecule has 0 aromatic carbocycles. The second-order valence-corrected chi connectivity index (χ2v) is 6.34. The third-order valence-electron chi connectivity index (χ3n) is 4.47. The molecule has 120 valence electrons. The zero-order chi connectivity index (χ0) is 15.2. The quantitative estimate of drug-likeness (QED) is 0.403. The maximum absolute atomic E-state index is 12.4. The van der Waals surface area contributed by atoms with Crippen LogP contribution in [0.15, 0.2) is 0 Å². The Morgan fingerprint density at radius 2 is 1.90 bits per heavy atom. The van der Waals surface area contributed by atoms with Gasteiger partial charge in [-0.1, -0.05) is 6.92 Å². The van der Waals surface area contributed by atoms with Crippen LogP contribution in [0.4, 0.5) is 0 Å². The van der Waals surface area contributed by atoms with Crippen LogP contribution < -0.4 is 11.3 Å². The molecule has 0 spiro atoms. The molecule has 1 heterocycles. The molecule has 6 heteroatoms. The summed E-state index contributed by atoms with van der Waals surface area (Å²) in [6.07, 6.45) is 5.14. The predicted molar refractivity (Wildman–Crippen MR) is 81.1 cm³/mol. The van der Waals surface area contributed by atoms with Crippen LogP contribution in [-0.4, -0.2) is 54.3 Å². The van der Waals surface area contributed by atoms with Crippen LogP contribution in [0, 0.1) is 11.8 Å². The fourth-order valence-corrected chi connectivity index (χ4v) is 3.02. The largest absolute Gasteiger partial charge is 0.342 e. The lowest BCUT2D eigenvalue weighted by Crippen LogP contribution is -2.47. The molecule has 1 saturated heterocycles. The Kier molecular flexibility index (Phi) is 5.99. The summed E-state index contributed by atoms with van der Waals surface area (Å²) in [5, 5.41) is 0. The van der Waals surface area contributed by atoms with Crippen molar-refractivity contribution in [3.63, 3.8) is 0 Å². The molecular formula is C15H28N4O2. The van der Waals surface area contributed by atoms with Crippen molar-refractivity contribution in [2.24, 2.45) is 17.7 Å². The lowest BCUT2D eigenvalue weighted by atomic mass is 9.96. The van der Waals surface area contributed by atoms with E-state index in [1.54, 1.807) is 0 Å². The van der Waals surface area contributed by atoms with E-state index < -0.39 is 0 Å². The van der Waals surface area contributed by atoms with Gasteiger partial charge in [-0.3, -0.25) is 19.9 Å². The van der Waals surface area contributed by atoms with Crippen LogP contribution in [0.1, 0.15) is 39.0 Å². The molecule has 0 unspecified atom stereocenters. The molecule has 2 fully saturated rings. The van der Waals surface area contributed by atoms with Gasteiger partial charge in [0.1, 0.15) is 0 Å². The first-order valence-corrected chi connectivity index (χ1v) is 8.14. The number of nitrogens with two attached hydrogens (primary N) is 1. The number of carbonyl (C=O) groups is 2. The molecule has 21 heavy (non-hydrogen) atoms. The van der Waals surface area contributed by atoms with E-state index in [4.69, 9.17) is 5.84 Å². The summed E-state index contributed by atoms with van der Waals surface area (Å²) < 4.78 is 0. The number of hydrogen-bond donors (Lipinski definition) is 2.